The molecule has 0 aromatic rings. The summed E-state index contributed by atoms with van der Waals surface area (Å²) in [5.74, 6) is -1.82. The fraction of sp³-hybridized carbons (Fsp3) is 0.714. The summed E-state index contributed by atoms with van der Waals surface area (Å²) in [6.45, 7) is 0. The van der Waals surface area contributed by atoms with Crippen LogP contribution in [0.5, 0.6) is 0 Å². The van der Waals surface area contributed by atoms with Gasteiger partial charge in [-0.25, -0.2) is 0 Å². The van der Waals surface area contributed by atoms with Gasteiger partial charge in [0.2, 0.25) is 0 Å². The normalized spacial score (nSPS) is 40.7. The van der Waals surface area contributed by atoms with E-state index in [9.17, 15) is 20.9 Å². The van der Waals surface area contributed by atoms with Crippen LogP contribution in [0.25, 0.3) is 0 Å². The molecule has 0 saturated carbocycles. The van der Waals surface area contributed by atoms with E-state index in [4.69, 9.17) is 11.6 Å². The molecule has 122 valence electrons. The van der Waals surface area contributed by atoms with Crippen molar-refractivity contribution in [2.24, 2.45) is 11.8 Å². The number of amides is 1. The van der Waals surface area contributed by atoms with Crippen molar-refractivity contribution in [1.29, 1.82) is 0 Å². The van der Waals surface area contributed by atoms with E-state index in [-0.39, 0.29) is 12.3 Å². The Morgan fingerprint density at radius 3 is 2.73 bits per heavy atom. The summed E-state index contributed by atoms with van der Waals surface area (Å²) in [4.78, 5) is 24.5. The number of nitrogens with one attached hydrogen (secondary N) is 1. The van der Waals surface area contributed by atoms with Crippen LogP contribution >= 0.6 is 11.6 Å². The molecule has 1 unspecified atom stereocenters. The molecule has 2 fully saturated rings. The molecule has 0 radical (unpaired) electrons. The third kappa shape index (κ3) is 1.89. The number of hydrogen-bond acceptors (Lipinski definition) is 5. The first kappa shape index (κ1) is 16.4. The van der Waals surface area contributed by atoms with Gasteiger partial charge in [-0.15, -0.1) is 0 Å². The summed E-state index contributed by atoms with van der Waals surface area (Å²) < 4.78 is 22.7. The third-order valence-corrected chi connectivity index (χ3v) is 12.2. The Kier molecular flexibility index (Phi) is 4.14. The van der Waals surface area contributed by atoms with Gasteiger partial charge in [0.1, 0.15) is 0 Å². The van der Waals surface area contributed by atoms with Crippen LogP contribution in [0, 0.1) is 11.8 Å². The van der Waals surface area contributed by atoms with Crippen molar-refractivity contribution in [3.63, 3.8) is 0 Å². The number of rotatable bonds is 4. The van der Waals surface area contributed by atoms with E-state index in [1.807, 2.05) is 6.08 Å². The van der Waals surface area contributed by atoms with Crippen LogP contribution in [0.3, 0.4) is 0 Å². The summed E-state index contributed by atoms with van der Waals surface area (Å²) in [6.07, 6.45) is 4.81. The summed E-state index contributed by atoms with van der Waals surface area (Å²) >= 11 is -0.0439. The van der Waals surface area contributed by atoms with Gasteiger partial charge in [0.25, 0.3) is 0 Å². The van der Waals surface area contributed by atoms with Crippen LogP contribution in [0.1, 0.15) is 25.7 Å². The van der Waals surface area contributed by atoms with Gasteiger partial charge in [-0.05, 0) is 0 Å². The molecule has 3 rings (SSSR count). The fourth-order valence-electron chi connectivity index (χ4n) is 3.91. The number of allylic oxidation sites excluding steroid dienone is 1. The number of aliphatic hydroxyl groups is 1. The number of β-lactam (4-membered cyclic amide) rings is 1. The van der Waals surface area contributed by atoms with Crippen molar-refractivity contribution < 1.29 is 20.9 Å². The molecule has 2 heterocycles. The molecule has 3 aliphatic rings. The first-order chi connectivity index (χ1) is 10.4. The topological polar surface area (TPSA) is 101 Å². The van der Waals surface area contributed by atoms with Gasteiger partial charge in [-0.1, -0.05) is 0 Å². The zero-order chi connectivity index (χ0) is 16.1. The SMILES string of the molecule is O=C1N[C@H]2C(CCCl)C(=O)[Te](=O)(=O)[C@@]12[C@@H](O)[C@@H]1C=CCCC1. The van der Waals surface area contributed by atoms with E-state index in [1.165, 1.54) is 0 Å². The number of aliphatic hydroxyl groups excluding tert-OH is 1. The van der Waals surface area contributed by atoms with Crippen molar-refractivity contribution in [3.05, 3.63) is 12.2 Å². The molecule has 1 aliphatic carbocycles. The fourth-order valence-corrected chi connectivity index (χ4v) is 10.8. The van der Waals surface area contributed by atoms with Crippen molar-refractivity contribution in [2.45, 2.75) is 41.3 Å². The summed E-state index contributed by atoms with van der Waals surface area (Å²) in [5.41, 5.74) is 0. The van der Waals surface area contributed by atoms with Gasteiger partial charge in [0, 0.05) is 0 Å². The number of alkyl halides is 1. The molecule has 8 heteroatoms. The van der Waals surface area contributed by atoms with E-state index in [1.54, 1.807) is 6.08 Å². The van der Waals surface area contributed by atoms with E-state index < -0.39 is 55.3 Å². The zero-order valence-electron chi connectivity index (χ0n) is 11.9. The Morgan fingerprint density at radius 1 is 1.45 bits per heavy atom. The van der Waals surface area contributed by atoms with Crippen LogP contribution < -0.4 is 5.32 Å². The molecule has 22 heavy (non-hydrogen) atoms. The number of carbonyl (C=O) groups is 2. The van der Waals surface area contributed by atoms with Crippen molar-refractivity contribution in [1.82, 2.24) is 5.32 Å². The van der Waals surface area contributed by atoms with E-state index >= 15 is 0 Å². The van der Waals surface area contributed by atoms with Crippen LogP contribution in [0.2, 0.25) is 3.46 Å². The third-order valence-electron chi connectivity index (χ3n) is 5.07. The van der Waals surface area contributed by atoms with Gasteiger partial charge >= 0.3 is 137 Å². The minimum atomic E-state index is -5.71. The Morgan fingerprint density at radius 2 is 2.18 bits per heavy atom. The molecule has 1 amide bonds. The van der Waals surface area contributed by atoms with Crippen LogP contribution in [0.4, 0.5) is 0 Å². The minimum absolute atomic E-state index is 0.136. The Bertz CT molecular complexity index is 646. The standard InChI is InChI=1S/C14H18ClNO5Te/c15-7-6-9-10-14(13(19)16-10,22(20,21)12(9)18)11(17)8-4-2-1-3-5-8/h2,4,8-11,17H,1,3,5-7H2,(H,16,19)/t8-,9?,10+,11+,14+/m1/s1. The molecule has 6 nitrogen and oxygen atoms in total. The van der Waals surface area contributed by atoms with Crippen LogP contribution in [-0.2, 0) is 15.8 Å². The maximum absolute atomic E-state index is 12.7. The quantitative estimate of drug-likeness (QED) is 0.287. The Balaban J connectivity index is 2.05. The monoisotopic (exact) mass is 445 g/mol. The van der Waals surface area contributed by atoms with Crippen molar-refractivity contribution in [3.8, 4) is 0 Å². The summed E-state index contributed by atoms with van der Waals surface area (Å²) in [5, 5.41) is 13.2. The zero-order valence-corrected chi connectivity index (χ0v) is 15.0. The summed E-state index contributed by atoms with van der Waals surface area (Å²) in [6, 6.07) is -0.826. The average molecular weight is 443 g/mol. The molecular weight excluding hydrogens is 425 g/mol. The van der Waals surface area contributed by atoms with Gasteiger partial charge in [-0.3, -0.25) is 0 Å². The molecule has 0 spiro atoms. The first-order valence-electron chi connectivity index (χ1n) is 7.39. The van der Waals surface area contributed by atoms with Crippen molar-refractivity contribution in [2.75, 3.05) is 5.88 Å². The second kappa shape index (κ2) is 5.55. The Labute approximate surface area is 136 Å². The molecule has 2 saturated heterocycles. The number of hydrogen-bond donors (Lipinski definition) is 2. The van der Waals surface area contributed by atoms with Gasteiger partial charge in [0.15, 0.2) is 0 Å². The van der Waals surface area contributed by atoms with Crippen molar-refractivity contribution >= 4 is 39.5 Å². The molecule has 0 bridgehead atoms. The number of halogens is 1. The van der Waals surface area contributed by atoms with Crippen LogP contribution in [-0.4, -0.2) is 51.0 Å². The second-order valence-corrected chi connectivity index (χ2v) is 12.4. The molecular formula is C14H18ClNO5Te. The average Bonchev–Trinajstić information content (AvgIpc) is 2.62. The predicted octanol–water partition coefficient (Wildman–Crippen LogP) is 0.613. The van der Waals surface area contributed by atoms with E-state index in [2.05, 4.69) is 5.32 Å². The predicted molar refractivity (Wildman–Crippen MR) is 78.1 cm³/mol. The Hall–Kier alpha value is -0.480. The molecule has 0 aromatic heterocycles. The molecule has 5 atom stereocenters. The molecule has 2 aliphatic heterocycles. The number of carbonyl (C=O) groups excluding carboxylic acids is 2. The molecule has 2 N–H and O–H groups in total. The molecule has 0 aromatic carbocycles. The van der Waals surface area contributed by atoms with Gasteiger partial charge in [0.05, 0.1) is 0 Å². The second-order valence-electron chi connectivity index (χ2n) is 6.12. The summed E-state index contributed by atoms with van der Waals surface area (Å²) in [7, 11) is 0. The van der Waals surface area contributed by atoms with E-state index in [0.29, 0.717) is 6.42 Å². The number of fused-ring (bicyclic) bond motifs is 1. The van der Waals surface area contributed by atoms with Gasteiger partial charge in [-0.2, -0.15) is 0 Å². The maximum atomic E-state index is 12.7. The van der Waals surface area contributed by atoms with E-state index in [0.717, 1.165) is 12.8 Å². The first-order valence-corrected chi connectivity index (χ1v) is 12.2. The van der Waals surface area contributed by atoms with Crippen LogP contribution in [0.15, 0.2) is 12.2 Å². The van der Waals surface area contributed by atoms with Gasteiger partial charge < -0.3 is 0 Å².